The highest BCUT2D eigenvalue weighted by Gasteiger charge is 2.11. The molecule has 0 bridgehead atoms. The summed E-state index contributed by atoms with van der Waals surface area (Å²) >= 11 is 3.42. The molecular formula is C17H18BrN3O3. The first-order valence-electron chi connectivity index (χ1n) is 7.36. The summed E-state index contributed by atoms with van der Waals surface area (Å²) < 4.78 is 2.24. The molecule has 2 aromatic rings. The molecule has 1 aromatic carbocycles. The Kier molecular flexibility index (Phi) is 5.92. The number of nitrogens with zero attached hydrogens (tertiary/aromatic N) is 1. The third-order valence-corrected chi connectivity index (χ3v) is 4.21. The molecule has 0 aliphatic rings. The fraction of sp³-hybridized carbons (Fsp3) is 0.235. The summed E-state index contributed by atoms with van der Waals surface area (Å²) in [7, 11) is 0. The van der Waals surface area contributed by atoms with Crippen LogP contribution >= 0.6 is 15.9 Å². The van der Waals surface area contributed by atoms with Gasteiger partial charge in [-0.05, 0) is 30.7 Å². The van der Waals surface area contributed by atoms with Crippen LogP contribution in [-0.4, -0.2) is 16.4 Å². The molecule has 0 spiro atoms. The second-order valence-electron chi connectivity index (χ2n) is 5.33. The van der Waals surface area contributed by atoms with Crippen molar-refractivity contribution in [3.8, 4) is 0 Å². The van der Waals surface area contributed by atoms with Gasteiger partial charge >= 0.3 is 0 Å². The average molecular weight is 392 g/mol. The molecule has 0 saturated heterocycles. The lowest BCUT2D eigenvalue weighted by Gasteiger charge is -2.13. The van der Waals surface area contributed by atoms with Crippen LogP contribution in [0.4, 0.5) is 5.69 Å². The summed E-state index contributed by atoms with van der Waals surface area (Å²) in [5, 5.41) is 5.26. The Bertz CT molecular complexity index is 830. The number of carbonyl (C=O) groups excluding carboxylic acids is 2. The van der Waals surface area contributed by atoms with E-state index >= 15 is 0 Å². The SMILES string of the molecule is CC(=O)Nc1ccc(C)n(CC(=O)NCc2ccccc2Br)c1=O. The normalized spacial score (nSPS) is 10.3. The standard InChI is InChI=1S/C17H18BrN3O3/c1-11-7-8-15(20-12(2)22)17(24)21(11)10-16(23)19-9-13-5-3-4-6-14(13)18/h3-8H,9-10H2,1-2H3,(H,19,23)(H,20,22). The van der Waals surface area contributed by atoms with Crippen molar-refractivity contribution in [2.45, 2.75) is 26.9 Å². The fourth-order valence-electron chi connectivity index (χ4n) is 2.19. The van der Waals surface area contributed by atoms with Crippen LogP contribution in [0.2, 0.25) is 0 Å². The van der Waals surface area contributed by atoms with E-state index < -0.39 is 5.56 Å². The minimum atomic E-state index is -0.402. The van der Waals surface area contributed by atoms with Crippen molar-refractivity contribution in [2.75, 3.05) is 5.32 Å². The number of benzene rings is 1. The number of nitrogens with one attached hydrogen (secondary N) is 2. The lowest BCUT2D eigenvalue weighted by Crippen LogP contribution is -2.34. The van der Waals surface area contributed by atoms with Crippen molar-refractivity contribution in [1.82, 2.24) is 9.88 Å². The van der Waals surface area contributed by atoms with Gasteiger partial charge in [0.05, 0.1) is 0 Å². The van der Waals surface area contributed by atoms with Crippen molar-refractivity contribution >= 4 is 33.4 Å². The van der Waals surface area contributed by atoms with Crippen molar-refractivity contribution in [3.63, 3.8) is 0 Å². The van der Waals surface area contributed by atoms with Crippen LogP contribution in [0.25, 0.3) is 0 Å². The predicted octanol–water partition coefficient (Wildman–Crippen LogP) is 2.19. The third-order valence-electron chi connectivity index (χ3n) is 3.44. The Labute approximate surface area is 148 Å². The molecule has 6 nitrogen and oxygen atoms in total. The van der Waals surface area contributed by atoms with E-state index in [9.17, 15) is 14.4 Å². The number of hydrogen-bond donors (Lipinski definition) is 2. The highest BCUT2D eigenvalue weighted by atomic mass is 79.9. The van der Waals surface area contributed by atoms with E-state index in [0.717, 1.165) is 10.0 Å². The summed E-state index contributed by atoms with van der Waals surface area (Å²) in [4.78, 5) is 35.6. The number of carbonyl (C=O) groups is 2. The van der Waals surface area contributed by atoms with Gasteiger partial charge in [-0.2, -0.15) is 0 Å². The number of halogens is 1. The molecule has 0 radical (unpaired) electrons. The van der Waals surface area contributed by atoms with E-state index in [4.69, 9.17) is 0 Å². The number of amides is 2. The topological polar surface area (TPSA) is 80.2 Å². The van der Waals surface area contributed by atoms with Gasteiger partial charge in [-0.15, -0.1) is 0 Å². The van der Waals surface area contributed by atoms with Gasteiger partial charge in [0.25, 0.3) is 5.56 Å². The van der Waals surface area contributed by atoms with E-state index in [2.05, 4.69) is 26.6 Å². The molecule has 1 aromatic heterocycles. The Balaban J connectivity index is 2.10. The molecular weight excluding hydrogens is 374 g/mol. The monoisotopic (exact) mass is 391 g/mol. The van der Waals surface area contributed by atoms with E-state index in [1.807, 2.05) is 24.3 Å². The van der Waals surface area contributed by atoms with Gasteiger partial charge < -0.3 is 15.2 Å². The smallest absolute Gasteiger partial charge is 0.274 e. The number of hydrogen-bond acceptors (Lipinski definition) is 3. The predicted molar refractivity (Wildman–Crippen MR) is 95.7 cm³/mol. The zero-order chi connectivity index (χ0) is 17.7. The van der Waals surface area contributed by atoms with Crippen LogP contribution in [-0.2, 0) is 22.7 Å². The van der Waals surface area contributed by atoms with E-state index in [-0.39, 0.29) is 24.0 Å². The molecule has 0 saturated carbocycles. The molecule has 2 N–H and O–H groups in total. The van der Waals surface area contributed by atoms with Gasteiger partial charge in [0, 0.05) is 23.6 Å². The Morgan fingerprint density at radius 3 is 2.54 bits per heavy atom. The molecule has 0 fully saturated rings. The van der Waals surface area contributed by atoms with Gasteiger partial charge in [0.2, 0.25) is 11.8 Å². The van der Waals surface area contributed by atoms with E-state index in [1.165, 1.54) is 17.6 Å². The van der Waals surface area contributed by atoms with E-state index in [0.29, 0.717) is 12.2 Å². The first-order valence-corrected chi connectivity index (χ1v) is 8.16. The zero-order valence-corrected chi connectivity index (χ0v) is 15.0. The maximum atomic E-state index is 12.3. The molecule has 7 heteroatoms. The quantitative estimate of drug-likeness (QED) is 0.819. The number of rotatable bonds is 5. The number of aryl methyl sites for hydroxylation is 1. The fourth-order valence-corrected chi connectivity index (χ4v) is 2.61. The van der Waals surface area contributed by atoms with Gasteiger partial charge in [-0.25, -0.2) is 0 Å². The molecule has 0 aliphatic heterocycles. The maximum absolute atomic E-state index is 12.3. The van der Waals surface area contributed by atoms with Crippen molar-refractivity contribution in [2.24, 2.45) is 0 Å². The van der Waals surface area contributed by atoms with Gasteiger partial charge in [-0.3, -0.25) is 14.4 Å². The molecule has 0 atom stereocenters. The van der Waals surface area contributed by atoms with Crippen LogP contribution < -0.4 is 16.2 Å². The second-order valence-corrected chi connectivity index (χ2v) is 6.18. The van der Waals surface area contributed by atoms with Crippen LogP contribution in [0.3, 0.4) is 0 Å². The van der Waals surface area contributed by atoms with Crippen LogP contribution in [0.5, 0.6) is 0 Å². The summed E-state index contributed by atoms with van der Waals surface area (Å²) in [5.41, 5.74) is 1.35. The van der Waals surface area contributed by atoms with Crippen LogP contribution in [0.15, 0.2) is 45.7 Å². The number of aromatic nitrogens is 1. The molecule has 24 heavy (non-hydrogen) atoms. The number of anilines is 1. The molecule has 126 valence electrons. The highest BCUT2D eigenvalue weighted by molar-refractivity contribution is 9.10. The number of pyridine rings is 1. The highest BCUT2D eigenvalue weighted by Crippen LogP contribution is 2.15. The summed E-state index contributed by atoms with van der Waals surface area (Å²) in [6, 6.07) is 10.8. The molecule has 2 rings (SSSR count). The Morgan fingerprint density at radius 1 is 1.17 bits per heavy atom. The van der Waals surface area contributed by atoms with Crippen molar-refractivity contribution in [1.29, 1.82) is 0 Å². The summed E-state index contributed by atoms with van der Waals surface area (Å²) in [5.74, 6) is -0.614. The zero-order valence-electron chi connectivity index (χ0n) is 13.4. The molecule has 1 heterocycles. The lowest BCUT2D eigenvalue weighted by molar-refractivity contribution is -0.122. The largest absolute Gasteiger partial charge is 0.350 e. The third kappa shape index (κ3) is 4.55. The molecule has 0 unspecified atom stereocenters. The minimum absolute atomic E-state index is 0.109. The lowest BCUT2D eigenvalue weighted by atomic mass is 10.2. The van der Waals surface area contributed by atoms with Gasteiger partial charge in [0.1, 0.15) is 12.2 Å². The maximum Gasteiger partial charge on any atom is 0.274 e. The molecule has 0 aliphatic carbocycles. The van der Waals surface area contributed by atoms with Crippen LogP contribution in [0.1, 0.15) is 18.2 Å². The summed E-state index contributed by atoms with van der Waals surface area (Å²) in [6.07, 6.45) is 0. The molecule has 2 amide bonds. The van der Waals surface area contributed by atoms with Crippen LogP contribution in [0, 0.1) is 6.92 Å². The van der Waals surface area contributed by atoms with E-state index in [1.54, 1.807) is 13.0 Å². The minimum Gasteiger partial charge on any atom is -0.350 e. The van der Waals surface area contributed by atoms with Gasteiger partial charge in [0.15, 0.2) is 0 Å². The Morgan fingerprint density at radius 2 is 1.88 bits per heavy atom. The van der Waals surface area contributed by atoms with Crippen molar-refractivity contribution < 1.29 is 9.59 Å². The van der Waals surface area contributed by atoms with Gasteiger partial charge in [-0.1, -0.05) is 34.1 Å². The second kappa shape index (κ2) is 7.92. The Hall–Kier alpha value is -2.41. The first kappa shape index (κ1) is 17.9. The summed E-state index contributed by atoms with van der Waals surface area (Å²) in [6.45, 7) is 3.32. The first-order chi connectivity index (χ1) is 11.4. The van der Waals surface area contributed by atoms with Crippen molar-refractivity contribution in [3.05, 3.63) is 62.5 Å². The average Bonchev–Trinajstić information content (AvgIpc) is 2.53.